The van der Waals surface area contributed by atoms with Crippen LogP contribution in [-0.2, 0) is 9.59 Å². The van der Waals surface area contributed by atoms with Gasteiger partial charge in [-0.25, -0.2) is 0 Å². The van der Waals surface area contributed by atoms with E-state index < -0.39 is 5.91 Å². The van der Waals surface area contributed by atoms with Crippen LogP contribution in [0.25, 0.3) is 6.08 Å². The summed E-state index contributed by atoms with van der Waals surface area (Å²) in [6, 6.07) is 29.6. The minimum Gasteiger partial charge on any atom is -0.325 e. The van der Waals surface area contributed by atoms with E-state index in [1.165, 1.54) is 11.8 Å². The zero-order chi connectivity index (χ0) is 29.4. The Morgan fingerprint density at radius 3 is 2.17 bits per heavy atom. The third kappa shape index (κ3) is 8.43. The predicted octanol–water partition coefficient (Wildman–Crippen LogP) is 7.14. The highest BCUT2D eigenvalue weighted by atomic mass is 32.2. The van der Waals surface area contributed by atoms with E-state index in [0.29, 0.717) is 11.3 Å². The summed E-state index contributed by atoms with van der Waals surface area (Å²) in [6.45, 7) is 7.81. The van der Waals surface area contributed by atoms with Crippen LogP contribution in [0.5, 0.6) is 0 Å². The SMILES string of the molecule is Cc1ccc(/C=C(/NC(=O)c2ccccc2)C(=O)Nc2cccc(SC(C)C(=O)Nc3ccc(C)cc3C)c2)cc1. The van der Waals surface area contributed by atoms with Crippen molar-refractivity contribution in [3.8, 4) is 0 Å². The first-order valence-electron chi connectivity index (χ1n) is 13.3. The number of amides is 3. The molecule has 3 N–H and O–H groups in total. The van der Waals surface area contributed by atoms with Gasteiger partial charge in [-0.05, 0) is 81.3 Å². The normalized spacial score (nSPS) is 11.9. The van der Waals surface area contributed by atoms with Gasteiger partial charge in [0, 0.05) is 21.8 Å². The van der Waals surface area contributed by atoms with Gasteiger partial charge in [0.05, 0.1) is 5.25 Å². The van der Waals surface area contributed by atoms with Gasteiger partial charge in [0.2, 0.25) is 5.91 Å². The second kappa shape index (κ2) is 13.6. The topological polar surface area (TPSA) is 87.3 Å². The fourth-order valence-corrected chi connectivity index (χ4v) is 4.99. The van der Waals surface area contributed by atoms with E-state index in [9.17, 15) is 14.4 Å². The monoisotopic (exact) mass is 563 g/mol. The third-order valence-corrected chi connectivity index (χ3v) is 7.42. The average molecular weight is 564 g/mol. The molecule has 0 heterocycles. The maximum Gasteiger partial charge on any atom is 0.272 e. The highest BCUT2D eigenvalue weighted by molar-refractivity contribution is 8.00. The molecule has 0 aliphatic heterocycles. The van der Waals surface area contributed by atoms with Gasteiger partial charge >= 0.3 is 0 Å². The zero-order valence-corrected chi connectivity index (χ0v) is 24.3. The molecule has 0 bridgehead atoms. The lowest BCUT2D eigenvalue weighted by atomic mass is 10.1. The largest absolute Gasteiger partial charge is 0.325 e. The van der Waals surface area contributed by atoms with Crippen molar-refractivity contribution in [1.82, 2.24) is 5.32 Å². The van der Waals surface area contributed by atoms with Crippen LogP contribution in [0.15, 0.2) is 108 Å². The molecule has 0 spiro atoms. The van der Waals surface area contributed by atoms with Crippen LogP contribution >= 0.6 is 11.8 Å². The summed E-state index contributed by atoms with van der Waals surface area (Å²) in [5.74, 6) is -0.951. The molecule has 41 heavy (non-hydrogen) atoms. The van der Waals surface area contributed by atoms with Gasteiger partial charge in [-0.15, -0.1) is 11.8 Å². The smallest absolute Gasteiger partial charge is 0.272 e. The first-order chi connectivity index (χ1) is 19.7. The van der Waals surface area contributed by atoms with E-state index in [2.05, 4.69) is 16.0 Å². The molecule has 7 heteroatoms. The van der Waals surface area contributed by atoms with Crippen molar-refractivity contribution in [1.29, 1.82) is 0 Å². The molecule has 0 aliphatic rings. The van der Waals surface area contributed by atoms with Crippen LogP contribution < -0.4 is 16.0 Å². The number of anilines is 2. The average Bonchev–Trinajstić information content (AvgIpc) is 2.95. The lowest BCUT2D eigenvalue weighted by Crippen LogP contribution is -2.30. The maximum atomic E-state index is 13.4. The maximum absolute atomic E-state index is 13.4. The second-order valence-electron chi connectivity index (χ2n) is 9.84. The third-order valence-electron chi connectivity index (χ3n) is 6.33. The zero-order valence-electron chi connectivity index (χ0n) is 23.5. The van der Waals surface area contributed by atoms with E-state index in [4.69, 9.17) is 0 Å². The quantitative estimate of drug-likeness (QED) is 0.149. The fourth-order valence-electron chi connectivity index (χ4n) is 4.06. The van der Waals surface area contributed by atoms with Crippen LogP contribution in [-0.4, -0.2) is 23.0 Å². The molecular weight excluding hydrogens is 530 g/mol. The number of carbonyl (C=O) groups excluding carboxylic acids is 3. The molecule has 0 fully saturated rings. The number of thioether (sulfide) groups is 1. The molecular formula is C34H33N3O3S. The van der Waals surface area contributed by atoms with Gasteiger partial charge in [-0.2, -0.15) is 0 Å². The summed E-state index contributed by atoms with van der Waals surface area (Å²) in [4.78, 5) is 40.0. The first kappa shape index (κ1) is 29.4. The van der Waals surface area contributed by atoms with E-state index in [1.807, 2.05) is 94.4 Å². The fraction of sp³-hybridized carbons (Fsp3) is 0.147. The van der Waals surface area contributed by atoms with Crippen LogP contribution in [0.2, 0.25) is 0 Å². The van der Waals surface area contributed by atoms with E-state index >= 15 is 0 Å². The summed E-state index contributed by atoms with van der Waals surface area (Å²) in [5.41, 5.74) is 5.91. The van der Waals surface area contributed by atoms with Gasteiger partial charge < -0.3 is 16.0 Å². The summed E-state index contributed by atoms with van der Waals surface area (Å²) in [7, 11) is 0. The highest BCUT2D eigenvalue weighted by Crippen LogP contribution is 2.27. The summed E-state index contributed by atoms with van der Waals surface area (Å²) in [5, 5.41) is 8.28. The number of carbonyl (C=O) groups is 3. The molecule has 0 radical (unpaired) electrons. The Bertz CT molecular complexity index is 1580. The number of hydrogen-bond acceptors (Lipinski definition) is 4. The van der Waals surface area contributed by atoms with Crippen molar-refractivity contribution in [2.45, 2.75) is 37.8 Å². The number of benzene rings is 4. The molecule has 1 unspecified atom stereocenters. The molecule has 4 aromatic rings. The van der Waals surface area contributed by atoms with E-state index in [-0.39, 0.29) is 22.8 Å². The minimum atomic E-state index is -0.461. The van der Waals surface area contributed by atoms with Crippen LogP contribution in [0, 0.1) is 20.8 Å². The van der Waals surface area contributed by atoms with Gasteiger partial charge in [-0.1, -0.05) is 71.8 Å². The van der Waals surface area contributed by atoms with Gasteiger partial charge in [0.25, 0.3) is 11.8 Å². The Balaban J connectivity index is 1.47. The number of rotatable bonds is 9. The highest BCUT2D eigenvalue weighted by Gasteiger charge is 2.18. The Morgan fingerprint density at radius 1 is 0.756 bits per heavy atom. The molecule has 0 saturated heterocycles. The number of hydrogen-bond donors (Lipinski definition) is 3. The number of aryl methyl sites for hydroxylation is 3. The molecule has 0 saturated carbocycles. The van der Waals surface area contributed by atoms with E-state index in [0.717, 1.165) is 32.8 Å². The molecule has 3 amide bonds. The van der Waals surface area contributed by atoms with Crippen molar-refractivity contribution in [2.75, 3.05) is 10.6 Å². The molecule has 0 aromatic heterocycles. The Labute approximate surface area is 245 Å². The Kier molecular flexibility index (Phi) is 9.77. The lowest BCUT2D eigenvalue weighted by molar-refractivity contribution is -0.115. The predicted molar refractivity (Wildman–Crippen MR) is 168 cm³/mol. The minimum absolute atomic E-state index is 0.108. The first-order valence-corrected chi connectivity index (χ1v) is 14.2. The van der Waals surface area contributed by atoms with Crippen molar-refractivity contribution in [3.63, 3.8) is 0 Å². The molecule has 0 aliphatic carbocycles. The van der Waals surface area contributed by atoms with E-state index in [1.54, 1.807) is 36.4 Å². The Morgan fingerprint density at radius 2 is 1.46 bits per heavy atom. The molecule has 4 rings (SSSR count). The molecule has 4 aromatic carbocycles. The van der Waals surface area contributed by atoms with Crippen molar-refractivity contribution >= 4 is 46.9 Å². The van der Waals surface area contributed by atoms with Crippen LogP contribution in [0.3, 0.4) is 0 Å². The van der Waals surface area contributed by atoms with Crippen molar-refractivity contribution < 1.29 is 14.4 Å². The summed E-state index contributed by atoms with van der Waals surface area (Å²) in [6.07, 6.45) is 1.65. The molecule has 6 nitrogen and oxygen atoms in total. The summed E-state index contributed by atoms with van der Waals surface area (Å²) >= 11 is 1.39. The summed E-state index contributed by atoms with van der Waals surface area (Å²) < 4.78 is 0. The van der Waals surface area contributed by atoms with Crippen LogP contribution in [0.1, 0.15) is 39.5 Å². The van der Waals surface area contributed by atoms with Gasteiger partial charge in [-0.3, -0.25) is 14.4 Å². The van der Waals surface area contributed by atoms with Crippen molar-refractivity contribution in [3.05, 3.63) is 131 Å². The Hall–Kier alpha value is -4.62. The second-order valence-corrected chi connectivity index (χ2v) is 11.3. The number of nitrogens with one attached hydrogen (secondary N) is 3. The lowest BCUT2D eigenvalue weighted by Gasteiger charge is -2.15. The van der Waals surface area contributed by atoms with Gasteiger partial charge in [0.15, 0.2) is 0 Å². The molecule has 1 atom stereocenters. The molecule has 208 valence electrons. The van der Waals surface area contributed by atoms with Gasteiger partial charge in [0.1, 0.15) is 5.70 Å². The van der Waals surface area contributed by atoms with Crippen molar-refractivity contribution in [2.24, 2.45) is 0 Å². The standard InChI is InChI=1S/C34H33N3O3S/c1-22-13-16-26(17-14-22)20-31(37-33(39)27-9-6-5-7-10-27)34(40)35-28-11-8-12-29(21-28)41-25(4)32(38)36-30-18-15-23(2)19-24(30)3/h5-21,25H,1-4H3,(H,35,40)(H,36,38)(H,37,39)/b31-20+. The van der Waals surface area contributed by atoms with Crippen LogP contribution in [0.4, 0.5) is 11.4 Å².